The third-order valence-corrected chi connectivity index (χ3v) is 4.04. The van der Waals surface area contributed by atoms with Crippen molar-refractivity contribution in [3.05, 3.63) is 32.8 Å². The number of rotatable bonds is 4. The fourth-order valence-electron chi connectivity index (χ4n) is 2.31. The predicted octanol–water partition coefficient (Wildman–Crippen LogP) is 3.82. The number of benzene rings is 1. The molecule has 1 fully saturated rings. The summed E-state index contributed by atoms with van der Waals surface area (Å²) in [4.78, 5) is 22.1. The SMILES string of the molecule is CC(C)(C)OC(=O)NC1CC(Nc2ccc(Br)c([N+](=O)[O-])c2)C1. The largest absolute Gasteiger partial charge is 0.444 e. The lowest BCUT2D eigenvalue weighted by atomic mass is 9.86. The first-order chi connectivity index (χ1) is 10.6. The van der Waals surface area contributed by atoms with E-state index in [1.165, 1.54) is 6.07 Å². The highest BCUT2D eigenvalue weighted by atomic mass is 79.9. The van der Waals surface area contributed by atoms with Crippen molar-refractivity contribution in [2.75, 3.05) is 5.32 Å². The zero-order valence-electron chi connectivity index (χ0n) is 13.3. The smallest absolute Gasteiger partial charge is 0.407 e. The maximum absolute atomic E-state index is 11.7. The lowest BCUT2D eigenvalue weighted by Crippen LogP contribution is -2.50. The molecule has 0 spiro atoms. The van der Waals surface area contributed by atoms with Gasteiger partial charge >= 0.3 is 6.09 Å². The molecule has 0 aliphatic heterocycles. The zero-order valence-corrected chi connectivity index (χ0v) is 14.8. The van der Waals surface area contributed by atoms with Crippen molar-refractivity contribution in [2.24, 2.45) is 0 Å². The lowest BCUT2D eigenvalue weighted by molar-refractivity contribution is -0.385. The molecule has 1 aliphatic rings. The maximum atomic E-state index is 11.7. The highest BCUT2D eigenvalue weighted by Crippen LogP contribution is 2.30. The highest BCUT2D eigenvalue weighted by molar-refractivity contribution is 9.10. The first kappa shape index (κ1) is 17.5. The standard InChI is InChI=1S/C15H20BrN3O4/c1-15(2,3)23-14(20)18-11-6-10(7-11)17-9-4-5-12(16)13(8-9)19(21)22/h4-5,8,10-11,17H,6-7H2,1-3H3,(H,18,20). The first-order valence-corrected chi connectivity index (χ1v) is 8.13. The third kappa shape index (κ3) is 5.09. The Morgan fingerprint density at radius 3 is 2.57 bits per heavy atom. The Morgan fingerprint density at radius 1 is 1.35 bits per heavy atom. The van der Waals surface area contributed by atoms with Crippen molar-refractivity contribution in [2.45, 2.75) is 51.3 Å². The monoisotopic (exact) mass is 385 g/mol. The van der Waals surface area contributed by atoms with Crippen molar-refractivity contribution in [1.82, 2.24) is 5.32 Å². The molecule has 1 aromatic carbocycles. The van der Waals surface area contributed by atoms with Crippen LogP contribution in [0.4, 0.5) is 16.2 Å². The molecule has 8 heteroatoms. The van der Waals surface area contributed by atoms with E-state index in [4.69, 9.17) is 4.74 Å². The molecule has 126 valence electrons. The second-order valence-corrected chi connectivity index (χ2v) is 7.43. The number of alkyl carbamates (subject to hydrolysis) is 1. The highest BCUT2D eigenvalue weighted by Gasteiger charge is 2.31. The van der Waals surface area contributed by atoms with E-state index >= 15 is 0 Å². The summed E-state index contributed by atoms with van der Waals surface area (Å²) in [5.74, 6) is 0. The molecule has 1 amide bonds. The molecule has 1 saturated carbocycles. The van der Waals surface area contributed by atoms with Crippen molar-refractivity contribution in [3.8, 4) is 0 Å². The molecular formula is C15H20BrN3O4. The molecule has 0 atom stereocenters. The van der Waals surface area contributed by atoms with Gasteiger partial charge in [0, 0.05) is 23.8 Å². The molecular weight excluding hydrogens is 366 g/mol. The summed E-state index contributed by atoms with van der Waals surface area (Å²) in [7, 11) is 0. The molecule has 1 aliphatic carbocycles. The zero-order chi connectivity index (χ0) is 17.2. The minimum atomic E-state index is -0.512. The van der Waals surface area contributed by atoms with E-state index < -0.39 is 16.6 Å². The Hall–Kier alpha value is -1.83. The van der Waals surface area contributed by atoms with Gasteiger partial charge in [0.15, 0.2) is 0 Å². The number of carbonyl (C=O) groups is 1. The summed E-state index contributed by atoms with van der Waals surface area (Å²) < 4.78 is 5.65. The predicted molar refractivity (Wildman–Crippen MR) is 90.6 cm³/mol. The number of nitro benzene ring substituents is 1. The summed E-state index contributed by atoms with van der Waals surface area (Å²) in [5, 5.41) is 17.0. The van der Waals surface area contributed by atoms with E-state index in [9.17, 15) is 14.9 Å². The van der Waals surface area contributed by atoms with Crippen LogP contribution in [0.25, 0.3) is 0 Å². The number of ether oxygens (including phenoxy) is 1. The Labute approximate surface area is 143 Å². The molecule has 23 heavy (non-hydrogen) atoms. The molecule has 0 radical (unpaired) electrons. The third-order valence-electron chi connectivity index (χ3n) is 3.37. The Morgan fingerprint density at radius 2 is 2.00 bits per heavy atom. The van der Waals surface area contributed by atoms with Crippen LogP contribution >= 0.6 is 15.9 Å². The number of hydrogen-bond donors (Lipinski definition) is 2. The van der Waals surface area contributed by atoms with Crippen LogP contribution in [-0.2, 0) is 4.74 Å². The van der Waals surface area contributed by atoms with Gasteiger partial charge in [-0.1, -0.05) is 0 Å². The van der Waals surface area contributed by atoms with Crippen LogP contribution in [0.5, 0.6) is 0 Å². The van der Waals surface area contributed by atoms with Crippen LogP contribution in [0, 0.1) is 10.1 Å². The van der Waals surface area contributed by atoms with E-state index in [1.54, 1.807) is 12.1 Å². The Bertz CT molecular complexity index is 609. The molecule has 0 unspecified atom stereocenters. The second-order valence-electron chi connectivity index (χ2n) is 6.58. The van der Waals surface area contributed by atoms with Gasteiger partial charge in [0.25, 0.3) is 5.69 Å². The van der Waals surface area contributed by atoms with Crippen LogP contribution in [0.15, 0.2) is 22.7 Å². The van der Waals surface area contributed by atoms with E-state index in [-0.39, 0.29) is 17.8 Å². The minimum absolute atomic E-state index is 0.0257. The summed E-state index contributed by atoms with van der Waals surface area (Å²) in [6, 6.07) is 5.17. The molecule has 0 aromatic heterocycles. The molecule has 2 rings (SSSR count). The number of halogens is 1. The van der Waals surface area contributed by atoms with E-state index in [0.29, 0.717) is 10.2 Å². The summed E-state index contributed by atoms with van der Waals surface area (Å²) in [6.45, 7) is 5.45. The molecule has 0 heterocycles. The van der Waals surface area contributed by atoms with Gasteiger partial charge in [-0.05, 0) is 61.7 Å². The number of carbonyl (C=O) groups excluding carboxylic acids is 1. The Balaban J connectivity index is 1.81. The van der Waals surface area contributed by atoms with Crippen LogP contribution in [-0.4, -0.2) is 28.7 Å². The Kier molecular flexibility index (Phi) is 5.13. The van der Waals surface area contributed by atoms with Crippen molar-refractivity contribution in [3.63, 3.8) is 0 Å². The molecule has 2 N–H and O–H groups in total. The fourth-order valence-corrected chi connectivity index (χ4v) is 2.70. The molecule has 0 bridgehead atoms. The van der Waals surface area contributed by atoms with Crippen LogP contribution in [0.3, 0.4) is 0 Å². The lowest BCUT2D eigenvalue weighted by Gasteiger charge is -2.37. The van der Waals surface area contributed by atoms with E-state index in [1.807, 2.05) is 20.8 Å². The number of nitro groups is 1. The minimum Gasteiger partial charge on any atom is -0.444 e. The van der Waals surface area contributed by atoms with Crippen molar-refractivity contribution < 1.29 is 14.5 Å². The van der Waals surface area contributed by atoms with Gasteiger partial charge in [-0.15, -0.1) is 0 Å². The van der Waals surface area contributed by atoms with Crippen LogP contribution in [0.1, 0.15) is 33.6 Å². The second kappa shape index (κ2) is 6.74. The number of nitrogens with one attached hydrogen (secondary N) is 2. The number of amides is 1. The first-order valence-electron chi connectivity index (χ1n) is 7.34. The van der Waals surface area contributed by atoms with Gasteiger partial charge in [-0.25, -0.2) is 4.79 Å². The van der Waals surface area contributed by atoms with Gasteiger partial charge in [-0.2, -0.15) is 0 Å². The molecule has 1 aromatic rings. The molecule has 7 nitrogen and oxygen atoms in total. The summed E-state index contributed by atoms with van der Waals surface area (Å²) in [6.07, 6.45) is 1.09. The summed E-state index contributed by atoms with van der Waals surface area (Å²) >= 11 is 3.16. The van der Waals surface area contributed by atoms with Crippen molar-refractivity contribution >= 4 is 33.4 Å². The van der Waals surface area contributed by atoms with E-state index in [2.05, 4.69) is 26.6 Å². The normalized spacial score (nSPS) is 20.3. The summed E-state index contributed by atoms with van der Waals surface area (Å²) in [5.41, 5.74) is 0.209. The van der Waals surface area contributed by atoms with Crippen molar-refractivity contribution in [1.29, 1.82) is 0 Å². The number of nitrogens with zero attached hydrogens (tertiary/aromatic N) is 1. The van der Waals surface area contributed by atoms with Gasteiger partial charge in [-0.3, -0.25) is 10.1 Å². The van der Waals surface area contributed by atoms with Gasteiger partial charge in [0.1, 0.15) is 5.60 Å². The average Bonchev–Trinajstić information content (AvgIpc) is 2.35. The van der Waals surface area contributed by atoms with Gasteiger partial charge in [0.2, 0.25) is 0 Å². The van der Waals surface area contributed by atoms with Gasteiger partial charge < -0.3 is 15.4 Å². The number of hydrogen-bond acceptors (Lipinski definition) is 5. The van der Waals surface area contributed by atoms with Crippen LogP contribution < -0.4 is 10.6 Å². The fraction of sp³-hybridized carbons (Fsp3) is 0.533. The quantitative estimate of drug-likeness (QED) is 0.606. The average molecular weight is 386 g/mol. The molecule has 0 saturated heterocycles. The topological polar surface area (TPSA) is 93.5 Å². The van der Waals surface area contributed by atoms with E-state index in [0.717, 1.165) is 12.8 Å². The number of anilines is 1. The van der Waals surface area contributed by atoms with Gasteiger partial charge in [0.05, 0.1) is 9.40 Å². The maximum Gasteiger partial charge on any atom is 0.407 e. The van der Waals surface area contributed by atoms with Crippen LogP contribution in [0.2, 0.25) is 0 Å².